The van der Waals surface area contributed by atoms with Crippen molar-refractivity contribution in [2.24, 2.45) is 11.7 Å². The lowest BCUT2D eigenvalue weighted by Gasteiger charge is -2.39. The number of carbonyl (C=O) groups is 1. The first kappa shape index (κ1) is 13.0. The highest BCUT2D eigenvalue weighted by Gasteiger charge is 2.31. The smallest absolute Gasteiger partial charge is 0.272 e. The van der Waals surface area contributed by atoms with E-state index in [-0.39, 0.29) is 11.9 Å². The van der Waals surface area contributed by atoms with Crippen molar-refractivity contribution in [2.75, 3.05) is 13.1 Å². The first-order valence-electron chi connectivity index (χ1n) is 6.58. The predicted molar refractivity (Wildman–Crippen MR) is 71.3 cm³/mol. The lowest BCUT2D eigenvalue weighted by molar-refractivity contribution is 0.0526. The molecule has 4 heteroatoms. The first-order chi connectivity index (χ1) is 8.63. The van der Waals surface area contributed by atoms with Gasteiger partial charge in [-0.3, -0.25) is 4.79 Å². The minimum absolute atomic E-state index is 0.0145. The van der Waals surface area contributed by atoms with Crippen LogP contribution in [0.2, 0.25) is 0 Å². The molecule has 98 valence electrons. The minimum atomic E-state index is 0.0145. The quantitative estimate of drug-likeness (QED) is 0.863. The van der Waals surface area contributed by atoms with Crippen LogP contribution in [0, 0.1) is 12.8 Å². The van der Waals surface area contributed by atoms with E-state index < -0.39 is 0 Å². The lowest BCUT2D eigenvalue weighted by Crippen LogP contribution is -2.51. The van der Waals surface area contributed by atoms with Gasteiger partial charge in [-0.15, -0.1) is 0 Å². The number of piperidine rings is 1. The second-order valence-corrected chi connectivity index (χ2v) is 5.09. The van der Waals surface area contributed by atoms with Crippen molar-refractivity contribution in [2.45, 2.75) is 32.7 Å². The summed E-state index contributed by atoms with van der Waals surface area (Å²) in [6, 6.07) is 5.70. The van der Waals surface area contributed by atoms with E-state index in [1.54, 1.807) is 6.07 Å². The van der Waals surface area contributed by atoms with Crippen molar-refractivity contribution in [1.82, 2.24) is 9.88 Å². The van der Waals surface area contributed by atoms with Crippen LogP contribution in [0.5, 0.6) is 0 Å². The van der Waals surface area contributed by atoms with Crippen molar-refractivity contribution in [3.8, 4) is 0 Å². The van der Waals surface area contributed by atoms with Crippen LogP contribution in [0.25, 0.3) is 0 Å². The van der Waals surface area contributed by atoms with E-state index in [9.17, 15) is 4.79 Å². The van der Waals surface area contributed by atoms with Crippen molar-refractivity contribution in [1.29, 1.82) is 0 Å². The number of nitrogens with two attached hydrogens (primary N) is 1. The van der Waals surface area contributed by atoms with Gasteiger partial charge in [-0.2, -0.15) is 0 Å². The summed E-state index contributed by atoms with van der Waals surface area (Å²) in [5.41, 5.74) is 7.22. The molecule has 0 radical (unpaired) electrons. The number of aromatic nitrogens is 1. The maximum atomic E-state index is 12.5. The molecule has 0 spiro atoms. The summed E-state index contributed by atoms with van der Waals surface area (Å²) in [7, 11) is 0. The van der Waals surface area contributed by atoms with Crippen molar-refractivity contribution < 1.29 is 4.79 Å². The van der Waals surface area contributed by atoms with Gasteiger partial charge < -0.3 is 10.6 Å². The van der Waals surface area contributed by atoms with Crippen LogP contribution in [0.3, 0.4) is 0 Å². The topological polar surface area (TPSA) is 59.2 Å². The average molecular weight is 247 g/mol. The average Bonchev–Trinajstić information content (AvgIpc) is 2.37. The fraction of sp³-hybridized carbons (Fsp3) is 0.571. The summed E-state index contributed by atoms with van der Waals surface area (Å²) in [6.07, 6.45) is 2.20. The monoisotopic (exact) mass is 247 g/mol. The normalized spacial score (nSPS) is 24.1. The number of nitrogens with zero attached hydrogens (tertiary/aromatic N) is 2. The number of likely N-dealkylation sites (tertiary alicyclic amines) is 1. The zero-order valence-electron chi connectivity index (χ0n) is 11.1. The van der Waals surface area contributed by atoms with Gasteiger partial charge in [0.25, 0.3) is 5.91 Å². The number of hydrogen-bond acceptors (Lipinski definition) is 3. The molecular weight excluding hydrogens is 226 g/mol. The van der Waals surface area contributed by atoms with Crippen LogP contribution in [-0.2, 0) is 0 Å². The van der Waals surface area contributed by atoms with Crippen LogP contribution in [-0.4, -0.2) is 34.9 Å². The van der Waals surface area contributed by atoms with E-state index in [1.807, 2.05) is 24.0 Å². The summed E-state index contributed by atoms with van der Waals surface area (Å²) in [5, 5.41) is 0. The van der Waals surface area contributed by atoms with E-state index >= 15 is 0 Å². The number of pyridine rings is 1. The molecule has 2 unspecified atom stereocenters. The van der Waals surface area contributed by atoms with Crippen LogP contribution in [0.1, 0.15) is 35.9 Å². The molecule has 1 amide bonds. The number of rotatable bonds is 2. The van der Waals surface area contributed by atoms with Crippen LogP contribution >= 0.6 is 0 Å². The maximum absolute atomic E-state index is 12.5. The third-order valence-electron chi connectivity index (χ3n) is 3.73. The molecule has 4 nitrogen and oxygen atoms in total. The number of hydrogen-bond donors (Lipinski definition) is 1. The summed E-state index contributed by atoms with van der Waals surface area (Å²) in [6.45, 7) is 5.38. The highest BCUT2D eigenvalue weighted by molar-refractivity contribution is 5.92. The Labute approximate surface area is 108 Å². The highest BCUT2D eigenvalue weighted by Crippen LogP contribution is 2.23. The van der Waals surface area contributed by atoms with Gasteiger partial charge in [0.2, 0.25) is 0 Å². The van der Waals surface area contributed by atoms with Gasteiger partial charge in [0.15, 0.2) is 0 Å². The van der Waals surface area contributed by atoms with Crippen LogP contribution < -0.4 is 5.73 Å². The van der Waals surface area contributed by atoms with E-state index in [4.69, 9.17) is 5.73 Å². The fourth-order valence-corrected chi connectivity index (χ4v) is 2.67. The van der Waals surface area contributed by atoms with Gasteiger partial charge in [-0.25, -0.2) is 4.98 Å². The molecule has 1 saturated heterocycles. The molecule has 2 rings (SSSR count). The largest absolute Gasteiger partial charge is 0.333 e. The Morgan fingerprint density at radius 1 is 1.56 bits per heavy atom. The summed E-state index contributed by atoms with van der Waals surface area (Å²) in [4.78, 5) is 18.7. The summed E-state index contributed by atoms with van der Waals surface area (Å²) >= 11 is 0. The molecule has 1 aliphatic rings. The molecule has 2 heterocycles. The first-order valence-corrected chi connectivity index (χ1v) is 6.58. The Morgan fingerprint density at radius 2 is 2.33 bits per heavy atom. The zero-order chi connectivity index (χ0) is 13.1. The Morgan fingerprint density at radius 3 is 3.00 bits per heavy atom. The predicted octanol–water partition coefficient (Wildman–Crippen LogP) is 1.59. The third-order valence-corrected chi connectivity index (χ3v) is 3.73. The van der Waals surface area contributed by atoms with Gasteiger partial charge in [0.05, 0.1) is 0 Å². The molecule has 1 aliphatic heterocycles. The van der Waals surface area contributed by atoms with Crippen molar-refractivity contribution in [3.05, 3.63) is 29.6 Å². The highest BCUT2D eigenvalue weighted by atomic mass is 16.2. The minimum Gasteiger partial charge on any atom is -0.333 e. The number of aryl methyl sites for hydroxylation is 1. The molecule has 0 bridgehead atoms. The van der Waals surface area contributed by atoms with Gasteiger partial charge in [-0.05, 0) is 37.8 Å². The molecule has 1 fully saturated rings. The van der Waals surface area contributed by atoms with E-state index in [0.717, 1.165) is 25.1 Å². The van der Waals surface area contributed by atoms with Crippen molar-refractivity contribution >= 4 is 5.91 Å². The SMILES string of the molecule is Cc1cccc(C(=O)N2CCCC(C)C2CN)n1. The standard InChI is InChI=1S/C14H21N3O/c1-10-5-4-8-17(13(10)9-15)14(18)12-7-3-6-11(2)16-12/h3,6-7,10,13H,4-5,8-9,15H2,1-2H3. The molecule has 2 atom stereocenters. The Balaban J connectivity index is 2.21. The van der Waals surface area contributed by atoms with E-state index in [1.165, 1.54) is 0 Å². The van der Waals surface area contributed by atoms with Gasteiger partial charge in [0.1, 0.15) is 5.69 Å². The molecule has 2 N–H and O–H groups in total. The van der Waals surface area contributed by atoms with Gasteiger partial charge in [0, 0.05) is 24.8 Å². The van der Waals surface area contributed by atoms with E-state index in [0.29, 0.717) is 18.2 Å². The molecule has 1 aromatic rings. The summed E-state index contributed by atoms with van der Waals surface area (Å²) in [5.74, 6) is 0.484. The Bertz CT molecular complexity index is 433. The zero-order valence-corrected chi connectivity index (χ0v) is 11.1. The number of amides is 1. The van der Waals surface area contributed by atoms with E-state index in [2.05, 4.69) is 11.9 Å². The second-order valence-electron chi connectivity index (χ2n) is 5.09. The maximum Gasteiger partial charge on any atom is 0.272 e. The lowest BCUT2D eigenvalue weighted by atomic mass is 9.90. The number of carbonyl (C=O) groups excluding carboxylic acids is 1. The van der Waals surface area contributed by atoms with Gasteiger partial charge >= 0.3 is 0 Å². The van der Waals surface area contributed by atoms with Crippen LogP contribution in [0.15, 0.2) is 18.2 Å². The van der Waals surface area contributed by atoms with Crippen LogP contribution in [0.4, 0.5) is 0 Å². The Kier molecular flexibility index (Phi) is 3.97. The third kappa shape index (κ3) is 2.53. The van der Waals surface area contributed by atoms with Crippen molar-refractivity contribution in [3.63, 3.8) is 0 Å². The second kappa shape index (κ2) is 5.48. The fourth-order valence-electron chi connectivity index (χ4n) is 2.67. The van der Waals surface area contributed by atoms with Gasteiger partial charge in [-0.1, -0.05) is 13.0 Å². The molecule has 18 heavy (non-hydrogen) atoms. The molecule has 0 aliphatic carbocycles. The molecule has 0 aromatic carbocycles. The molecular formula is C14H21N3O. The Hall–Kier alpha value is -1.42. The molecule has 1 aromatic heterocycles. The molecule has 0 saturated carbocycles. The summed E-state index contributed by atoms with van der Waals surface area (Å²) < 4.78 is 0.